The summed E-state index contributed by atoms with van der Waals surface area (Å²) in [6, 6.07) is 7.18. The second kappa shape index (κ2) is 8.46. The number of phenols is 1. The lowest BCUT2D eigenvalue weighted by atomic mass is 9.68. The number of benzene rings is 1. The average molecular weight is 506 g/mol. The monoisotopic (exact) mass is 505 g/mol. The molecule has 3 aliphatic rings. The Hall–Kier alpha value is -3.16. The Balaban J connectivity index is 1.28. The number of aromatic nitrogens is 4. The van der Waals surface area contributed by atoms with Crippen molar-refractivity contribution in [2.75, 3.05) is 4.90 Å². The van der Waals surface area contributed by atoms with Gasteiger partial charge < -0.3 is 15.3 Å². The molecule has 0 unspecified atom stereocenters. The summed E-state index contributed by atoms with van der Waals surface area (Å²) in [5.41, 5.74) is 1.01. The highest BCUT2D eigenvalue weighted by Crippen LogP contribution is 2.46. The first-order chi connectivity index (χ1) is 17.3. The molecule has 6 rings (SSSR count). The topological polar surface area (TPSA) is 111 Å². The Kier molecular flexibility index (Phi) is 5.46. The van der Waals surface area contributed by atoms with Crippen molar-refractivity contribution in [2.45, 2.75) is 81.7 Å². The van der Waals surface area contributed by atoms with Crippen LogP contribution in [-0.4, -0.2) is 54.6 Å². The number of rotatable bonds is 5. The number of piperidine rings is 2. The minimum atomic E-state index is -1.03. The summed E-state index contributed by atoms with van der Waals surface area (Å²) < 4.78 is 16.0. The van der Waals surface area contributed by atoms with Crippen molar-refractivity contribution in [3.05, 3.63) is 35.5 Å². The van der Waals surface area contributed by atoms with Gasteiger partial charge in [0.1, 0.15) is 33.6 Å². The van der Waals surface area contributed by atoms with E-state index in [-0.39, 0.29) is 23.4 Å². The number of hydrogen-bond acceptors (Lipinski definition) is 9. The number of nitrogens with zero attached hydrogens (tertiary/aromatic N) is 6. The molecule has 36 heavy (non-hydrogen) atoms. The Morgan fingerprint density at radius 2 is 2.03 bits per heavy atom. The van der Waals surface area contributed by atoms with E-state index in [0.29, 0.717) is 39.1 Å². The maximum Gasteiger partial charge on any atom is 0.245 e. The fourth-order valence-electron chi connectivity index (χ4n) is 6.04. The van der Waals surface area contributed by atoms with E-state index in [0.717, 1.165) is 32.1 Å². The minimum absolute atomic E-state index is 0.0277. The highest BCUT2D eigenvalue weighted by atomic mass is 32.1. The van der Waals surface area contributed by atoms with Crippen molar-refractivity contribution >= 4 is 17.3 Å². The molecule has 10 heteroatoms. The van der Waals surface area contributed by atoms with E-state index in [1.165, 1.54) is 17.5 Å². The molecule has 0 amide bonds. The Labute approximate surface area is 213 Å². The van der Waals surface area contributed by atoms with Gasteiger partial charge in [0.15, 0.2) is 0 Å². The van der Waals surface area contributed by atoms with Crippen LogP contribution < -0.4 is 10.2 Å². The Morgan fingerprint density at radius 1 is 1.19 bits per heavy atom. The van der Waals surface area contributed by atoms with E-state index >= 15 is 4.39 Å². The summed E-state index contributed by atoms with van der Waals surface area (Å²) in [7, 11) is 0. The van der Waals surface area contributed by atoms with Gasteiger partial charge in [-0.1, -0.05) is 6.07 Å². The van der Waals surface area contributed by atoms with Crippen molar-refractivity contribution in [1.82, 2.24) is 25.5 Å². The smallest absolute Gasteiger partial charge is 0.245 e. The highest BCUT2D eigenvalue weighted by Gasteiger charge is 2.56. The average Bonchev–Trinajstić information content (AvgIpc) is 3.57. The van der Waals surface area contributed by atoms with E-state index in [2.05, 4.69) is 43.4 Å². The van der Waals surface area contributed by atoms with Crippen LogP contribution in [0, 0.1) is 11.3 Å². The fraction of sp³-hybridized carbons (Fsp3) is 0.500. The van der Waals surface area contributed by atoms with Crippen molar-refractivity contribution in [3.63, 3.8) is 0 Å². The predicted molar refractivity (Wildman–Crippen MR) is 135 cm³/mol. The quantitative estimate of drug-likeness (QED) is 0.517. The molecule has 2 bridgehead atoms. The number of nitriles is 1. The third-order valence-corrected chi connectivity index (χ3v) is 8.78. The van der Waals surface area contributed by atoms with E-state index < -0.39 is 11.7 Å². The summed E-state index contributed by atoms with van der Waals surface area (Å²) in [4.78, 5) is 11.4. The number of aromatic hydroxyl groups is 1. The molecule has 2 saturated heterocycles. The molecule has 3 fully saturated rings. The van der Waals surface area contributed by atoms with Gasteiger partial charge in [0.05, 0.1) is 18.4 Å². The zero-order chi connectivity index (χ0) is 25.1. The van der Waals surface area contributed by atoms with E-state index in [1.807, 2.05) is 13.0 Å². The second-order valence-corrected chi connectivity index (χ2v) is 11.8. The lowest BCUT2D eigenvalue weighted by Crippen LogP contribution is -2.73. The molecule has 2 aromatic heterocycles. The van der Waals surface area contributed by atoms with E-state index in [1.54, 1.807) is 18.3 Å². The molecular formula is C26H28FN7OS. The van der Waals surface area contributed by atoms with Crippen LogP contribution in [0.5, 0.6) is 5.75 Å². The van der Waals surface area contributed by atoms with Gasteiger partial charge in [-0.15, -0.1) is 21.5 Å². The molecule has 4 heterocycles. The molecule has 2 aliphatic heterocycles. The van der Waals surface area contributed by atoms with Crippen LogP contribution in [0.4, 0.5) is 10.3 Å². The van der Waals surface area contributed by atoms with Crippen LogP contribution in [0.2, 0.25) is 0 Å². The van der Waals surface area contributed by atoms with Crippen LogP contribution in [0.25, 0.3) is 21.8 Å². The van der Waals surface area contributed by atoms with E-state index in [4.69, 9.17) is 5.26 Å². The largest absolute Gasteiger partial charge is 0.507 e. The van der Waals surface area contributed by atoms with Crippen molar-refractivity contribution < 1.29 is 9.50 Å². The number of anilines is 1. The molecular weight excluding hydrogens is 477 g/mol. The number of nitrogens with one attached hydrogen (secondary N) is 1. The molecule has 0 radical (unpaired) electrons. The van der Waals surface area contributed by atoms with Crippen LogP contribution in [0.15, 0.2) is 30.6 Å². The van der Waals surface area contributed by atoms with E-state index in [9.17, 15) is 5.11 Å². The third-order valence-electron chi connectivity index (χ3n) is 7.83. The molecule has 1 aliphatic carbocycles. The SMILES string of the molecule is C[C@@]12CCC[C@@](C)(N1)[C@@H](F)[C@@H](N(c1ncc(-c3ccc(-c4ncc(C#N)s4)cc3O)nn1)C1CC1)C2. The number of alkyl halides is 1. The van der Waals surface area contributed by atoms with Crippen LogP contribution >= 0.6 is 11.3 Å². The normalized spacial score (nSPS) is 29.5. The van der Waals surface area contributed by atoms with Gasteiger partial charge in [-0.05, 0) is 64.5 Å². The minimum Gasteiger partial charge on any atom is -0.507 e. The number of halogens is 1. The third kappa shape index (κ3) is 4.00. The van der Waals surface area contributed by atoms with Gasteiger partial charge in [0.2, 0.25) is 5.95 Å². The molecule has 8 nitrogen and oxygen atoms in total. The van der Waals surface area contributed by atoms with Gasteiger partial charge >= 0.3 is 0 Å². The standard InChI is InChI=1S/C26H28FN7OS/c1-25-8-3-9-26(2,33-25)22(27)20(11-25)34(16-5-6-16)24-30-14-19(31-32-24)18-7-4-15(10-21(18)35)23-29-13-17(12-28)36-23/h4,7,10,13-14,16,20,22,33,35H,3,5-6,8-9,11H2,1-2H3/t20-,22-,25-,26+/m0/s1. The molecule has 0 spiro atoms. The molecule has 186 valence electrons. The number of phenolic OH excluding ortho intramolecular Hbond substituents is 1. The molecule has 3 aromatic rings. The predicted octanol–water partition coefficient (Wildman–Crippen LogP) is 4.61. The van der Waals surface area contributed by atoms with Crippen LogP contribution in [0.3, 0.4) is 0 Å². The Bertz CT molecular complexity index is 1340. The summed E-state index contributed by atoms with van der Waals surface area (Å²) in [6.07, 6.45) is 7.69. The second-order valence-electron chi connectivity index (χ2n) is 10.8. The first kappa shape index (κ1) is 23.3. The van der Waals surface area contributed by atoms with Crippen molar-refractivity contribution in [1.29, 1.82) is 5.26 Å². The van der Waals surface area contributed by atoms with Gasteiger partial charge in [-0.2, -0.15) is 5.26 Å². The molecule has 2 N–H and O–H groups in total. The van der Waals surface area contributed by atoms with Crippen molar-refractivity contribution in [2.24, 2.45) is 0 Å². The summed E-state index contributed by atoms with van der Waals surface area (Å²) >= 11 is 1.26. The van der Waals surface area contributed by atoms with Crippen LogP contribution in [-0.2, 0) is 0 Å². The maximum absolute atomic E-state index is 16.0. The summed E-state index contributed by atoms with van der Waals surface area (Å²) in [5, 5.41) is 32.8. The summed E-state index contributed by atoms with van der Waals surface area (Å²) in [5.74, 6) is 0.476. The van der Waals surface area contributed by atoms with Crippen molar-refractivity contribution in [3.8, 4) is 33.6 Å². The van der Waals surface area contributed by atoms with Crippen LogP contribution in [0.1, 0.15) is 57.2 Å². The van der Waals surface area contributed by atoms with Gasteiger partial charge in [0, 0.05) is 28.2 Å². The van der Waals surface area contributed by atoms with Gasteiger partial charge in [-0.3, -0.25) is 0 Å². The maximum atomic E-state index is 16.0. The summed E-state index contributed by atoms with van der Waals surface area (Å²) in [6.45, 7) is 4.21. The lowest BCUT2D eigenvalue weighted by Gasteiger charge is -2.57. The highest BCUT2D eigenvalue weighted by molar-refractivity contribution is 7.15. The molecule has 1 saturated carbocycles. The van der Waals surface area contributed by atoms with Gasteiger partial charge in [-0.25, -0.2) is 14.4 Å². The number of thiazole rings is 1. The Morgan fingerprint density at radius 3 is 2.69 bits per heavy atom. The lowest BCUT2D eigenvalue weighted by molar-refractivity contribution is 0.0000874. The zero-order valence-electron chi connectivity index (χ0n) is 20.3. The number of fused-ring (bicyclic) bond motifs is 2. The number of hydrogen-bond donors (Lipinski definition) is 2. The molecule has 4 atom stereocenters. The molecule has 1 aromatic carbocycles. The van der Waals surface area contributed by atoms with Gasteiger partial charge in [0.25, 0.3) is 0 Å². The fourth-order valence-corrected chi connectivity index (χ4v) is 6.75. The zero-order valence-corrected chi connectivity index (χ0v) is 21.1. The first-order valence-electron chi connectivity index (χ1n) is 12.4. The first-order valence-corrected chi connectivity index (χ1v) is 13.2.